The van der Waals surface area contributed by atoms with Crippen LogP contribution in [0.1, 0.15) is 81.7 Å². The van der Waals surface area contributed by atoms with Crippen molar-refractivity contribution in [1.29, 1.82) is 0 Å². The SMILES string of the molecule is COc1cc2c(c3c1C(=O)CC(c1ccc(O)cc1)O3)C1C[C@H](CCc3ccc(O)cc3)O[C@H](c3ccc(O)cc3)C1[C@H](c1ccc(O)cc1)O2. The van der Waals surface area contributed by atoms with Crippen molar-refractivity contribution < 1.29 is 44.2 Å². The van der Waals surface area contributed by atoms with E-state index in [0.717, 1.165) is 27.8 Å². The molecule has 3 aliphatic heterocycles. The van der Waals surface area contributed by atoms with Gasteiger partial charge in [0.15, 0.2) is 5.78 Å². The quantitative estimate of drug-likeness (QED) is 0.134. The van der Waals surface area contributed by atoms with Crippen molar-refractivity contribution >= 4 is 5.78 Å². The molecule has 9 heteroatoms. The number of aromatic hydroxyl groups is 4. The van der Waals surface area contributed by atoms with Gasteiger partial charge >= 0.3 is 0 Å². The van der Waals surface area contributed by atoms with Gasteiger partial charge in [-0.05, 0) is 90.0 Å². The fraction of sp³-hybridized carbons (Fsp3) is 0.262. The van der Waals surface area contributed by atoms with Gasteiger partial charge in [0.05, 0.1) is 25.7 Å². The molecule has 5 aromatic rings. The second-order valence-corrected chi connectivity index (χ2v) is 13.5. The number of ether oxygens (including phenoxy) is 4. The van der Waals surface area contributed by atoms with E-state index in [0.29, 0.717) is 42.1 Å². The highest BCUT2D eigenvalue weighted by molar-refractivity contribution is 6.03. The van der Waals surface area contributed by atoms with Gasteiger partial charge in [0.25, 0.3) is 0 Å². The van der Waals surface area contributed by atoms with E-state index >= 15 is 0 Å². The highest BCUT2D eigenvalue weighted by atomic mass is 16.5. The highest BCUT2D eigenvalue weighted by Gasteiger charge is 2.52. The lowest BCUT2D eigenvalue weighted by molar-refractivity contribution is -0.134. The maximum absolute atomic E-state index is 14.0. The Morgan fingerprint density at radius 3 is 1.84 bits per heavy atom. The Bertz CT molecular complexity index is 2040. The molecular formula is C42H38O9. The molecular weight excluding hydrogens is 648 g/mol. The lowest BCUT2D eigenvalue weighted by Crippen LogP contribution is -2.43. The molecule has 0 aromatic heterocycles. The minimum Gasteiger partial charge on any atom is -0.508 e. The average molecular weight is 687 g/mol. The topological polar surface area (TPSA) is 135 Å². The standard InChI is InChI=1S/C42H38O9/c1-48-35-22-36-37(42-39(35)33(47)21-34(50-42)24-5-13-28(44)14-6-24)32-20-31(19-4-23-2-11-27(43)12-3-23)49-40(25-7-15-29(45)16-8-25)38(32)41(51-36)26-9-17-30(46)18-10-26/h2-3,5-18,22,31-32,34,38,40-41,43-46H,4,19-21H2,1H3/t31-,32?,34?,38?,40+,41-/m0/s1. The van der Waals surface area contributed by atoms with Gasteiger partial charge in [0, 0.05) is 23.5 Å². The maximum atomic E-state index is 14.0. The van der Waals surface area contributed by atoms with E-state index in [2.05, 4.69) is 0 Å². The molecule has 6 atom stereocenters. The first-order valence-corrected chi connectivity index (χ1v) is 17.2. The summed E-state index contributed by atoms with van der Waals surface area (Å²) in [5.41, 5.74) is 4.71. The van der Waals surface area contributed by atoms with E-state index in [1.54, 1.807) is 66.7 Å². The van der Waals surface area contributed by atoms with Crippen molar-refractivity contribution in [3.63, 3.8) is 0 Å². The summed E-state index contributed by atoms with van der Waals surface area (Å²) >= 11 is 0. The summed E-state index contributed by atoms with van der Waals surface area (Å²) in [4.78, 5) is 14.0. The molecule has 3 unspecified atom stereocenters. The number of phenolic OH excluding ortho intramolecular Hbond substituents is 4. The molecule has 8 rings (SSSR count). The van der Waals surface area contributed by atoms with E-state index < -0.39 is 18.3 Å². The van der Waals surface area contributed by atoms with Crippen LogP contribution >= 0.6 is 0 Å². The lowest BCUT2D eigenvalue weighted by atomic mass is 9.68. The van der Waals surface area contributed by atoms with E-state index in [4.69, 9.17) is 18.9 Å². The Kier molecular flexibility index (Phi) is 8.44. The van der Waals surface area contributed by atoms with Gasteiger partial charge < -0.3 is 39.4 Å². The molecule has 0 spiro atoms. The first-order valence-electron chi connectivity index (χ1n) is 17.2. The average Bonchev–Trinajstić information content (AvgIpc) is 3.14. The lowest BCUT2D eigenvalue weighted by Gasteiger charge is -2.50. The highest BCUT2D eigenvalue weighted by Crippen LogP contribution is 2.61. The summed E-state index contributed by atoms with van der Waals surface area (Å²) in [6.07, 6.45) is 0.309. The van der Waals surface area contributed by atoms with Gasteiger partial charge in [0.1, 0.15) is 58.0 Å². The third-order valence-corrected chi connectivity index (χ3v) is 10.4. The number of hydrogen-bond acceptors (Lipinski definition) is 9. The fourth-order valence-electron chi connectivity index (χ4n) is 7.95. The van der Waals surface area contributed by atoms with E-state index in [9.17, 15) is 25.2 Å². The normalized spacial score (nSPS) is 23.6. The molecule has 0 saturated carbocycles. The molecule has 0 bridgehead atoms. The number of aryl methyl sites for hydroxylation is 1. The summed E-state index contributed by atoms with van der Waals surface area (Å²) < 4.78 is 26.6. The van der Waals surface area contributed by atoms with Crippen molar-refractivity contribution in [3.8, 4) is 40.2 Å². The number of carbonyl (C=O) groups excluding carboxylic acids is 1. The maximum Gasteiger partial charge on any atom is 0.174 e. The number of fused-ring (bicyclic) bond motifs is 5. The number of phenols is 4. The molecule has 3 aliphatic rings. The third kappa shape index (κ3) is 6.18. The number of methoxy groups -OCH3 is 1. The minimum absolute atomic E-state index is 0.104. The van der Waals surface area contributed by atoms with Crippen LogP contribution in [0.3, 0.4) is 0 Å². The zero-order valence-electron chi connectivity index (χ0n) is 27.9. The van der Waals surface area contributed by atoms with Gasteiger partial charge in [-0.3, -0.25) is 4.79 Å². The predicted molar refractivity (Wildman–Crippen MR) is 188 cm³/mol. The molecule has 0 amide bonds. The van der Waals surface area contributed by atoms with Crippen LogP contribution in [0.25, 0.3) is 0 Å². The van der Waals surface area contributed by atoms with Crippen molar-refractivity contribution in [2.45, 2.75) is 56.0 Å². The Morgan fingerprint density at radius 2 is 1.25 bits per heavy atom. The fourth-order valence-corrected chi connectivity index (χ4v) is 7.95. The summed E-state index contributed by atoms with van der Waals surface area (Å²) in [6, 6.07) is 29.7. The molecule has 260 valence electrons. The summed E-state index contributed by atoms with van der Waals surface area (Å²) in [5, 5.41) is 40.2. The van der Waals surface area contributed by atoms with Gasteiger partial charge in [0.2, 0.25) is 0 Å². The van der Waals surface area contributed by atoms with Gasteiger partial charge in [-0.1, -0.05) is 48.5 Å². The van der Waals surface area contributed by atoms with Gasteiger partial charge in [-0.2, -0.15) is 0 Å². The number of hydrogen-bond donors (Lipinski definition) is 4. The Morgan fingerprint density at radius 1 is 0.706 bits per heavy atom. The van der Waals surface area contributed by atoms with Crippen LogP contribution in [0.15, 0.2) is 103 Å². The molecule has 4 N–H and O–H groups in total. The van der Waals surface area contributed by atoms with Gasteiger partial charge in [-0.15, -0.1) is 0 Å². The van der Waals surface area contributed by atoms with Crippen molar-refractivity contribution in [1.82, 2.24) is 0 Å². The molecule has 5 aromatic carbocycles. The first-order chi connectivity index (χ1) is 24.7. The second-order valence-electron chi connectivity index (χ2n) is 13.5. The Balaban J connectivity index is 1.28. The predicted octanol–water partition coefficient (Wildman–Crippen LogP) is 8.22. The van der Waals surface area contributed by atoms with E-state index in [-0.39, 0.29) is 53.1 Å². The summed E-state index contributed by atoms with van der Waals surface area (Å²) in [7, 11) is 1.53. The van der Waals surface area contributed by atoms with E-state index in [1.807, 2.05) is 36.4 Å². The monoisotopic (exact) mass is 686 g/mol. The van der Waals surface area contributed by atoms with Crippen LogP contribution in [0.5, 0.6) is 40.2 Å². The van der Waals surface area contributed by atoms with Crippen molar-refractivity contribution in [3.05, 3.63) is 137 Å². The molecule has 1 fully saturated rings. The zero-order valence-corrected chi connectivity index (χ0v) is 27.9. The number of rotatable bonds is 7. The summed E-state index contributed by atoms with van der Waals surface area (Å²) in [5.74, 6) is 1.33. The molecule has 1 saturated heterocycles. The smallest absolute Gasteiger partial charge is 0.174 e. The molecule has 51 heavy (non-hydrogen) atoms. The van der Waals surface area contributed by atoms with Crippen LogP contribution in [-0.4, -0.2) is 39.4 Å². The Hall–Kier alpha value is -5.67. The minimum atomic E-state index is -0.590. The Labute approximate surface area is 295 Å². The summed E-state index contributed by atoms with van der Waals surface area (Å²) in [6.45, 7) is 0. The number of Topliss-reactive ketones (excluding diaryl/α,β-unsaturated/α-hetero) is 1. The van der Waals surface area contributed by atoms with Crippen molar-refractivity contribution in [2.75, 3.05) is 7.11 Å². The van der Waals surface area contributed by atoms with E-state index in [1.165, 1.54) is 7.11 Å². The molecule has 3 heterocycles. The van der Waals surface area contributed by atoms with Gasteiger partial charge in [-0.25, -0.2) is 0 Å². The first kappa shape index (κ1) is 32.5. The van der Waals surface area contributed by atoms with Crippen LogP contribution in [0.2, 0.25) is 0 Å². The number of carbonyl (C=O) groups is 1. The largest absolute Gasteiger partial charge is 0.508 e. The van der Waals surface area contributed by atoms with Crippen LogP contribution < -0.4 is 14.2 Å². The molecule has 9 nitrogen and oxygen atoms in total. The second kappa shape index (κ2) is 13.2. The van der Waals surface area contributed by atoms with Crippen LogP contribution in [0.4, 0.5) is 0 Å². The number of benzene rings is 5. The molecule has 0 aliphatic carbocycles. The zero-order chi connectivity index (χ0) is 35.2. The molecule has 0 radical (unpaired) electrons. The third-order valence-electron chi connectivity index (χ3n) is 10.4. The number of ketones is 1. The van der Waals surface area contributed by atoms with Crippen molar-refractivity contribution in [2.24, 2.45) is 5.92 Å². The van der Waals surface area contributed by atoms with Crippen LogP contribution in [-0.2, 0) is 11.2 Å². The van der Waals surface area contributed by atoms with Crippen LogP contribution in [0, 0.1) is 5.92 Å².